The van der Waals surface area contributed by atoms with Gasteiger partial charge in [-0.3, -0.25) is 0 Å². The fraction of sp³-hybridized carbons (Fsp3) is 0.625. The monoisotopic (exact) mass is 543 g/mol. The van der Waals surface area contributed by atoms with E-state index in [2.05, 4.69) is 45.0 Å². The van der Waals surface area contributed by atoms with Crippen LogP contribution in [0.4, 0.5) is 0 Å². The zero-order chi connectivity index (χ0) is 27.8. The minimum Gasteiger partial charge on any atom is -0.493 e. The standard InChI is InChI=1S/C32H46ClNO4/c1-7-25-28(34)24(17-20-10-8-12-23(33)16-20)19(2)27(22-13-14-26-21(18-22)11-9-15-37-26)32(25,6)29(30(35)36)38-31(3,4)5/h8,10,12-14,16,18-19,24-25,27-30,35-36H,7,9,11,15,17,34H2,1-6H3. The summed E-state index contributed by atoms with van der Waals surface area (Å²) in [5.74, 6) is 1.25. The molecule has 210 valence electrons. The van der Waals surface area contributed by atoms with Crippen LogP contribution in [0.2, 0.25) is 5.02 Å². The summed E-state index contributed by atoms with van der Waals surface area (Å²) in [7, 11) is 0. The molecule has 0 amide bonds. The first-order valence-corrected chi connectivity index (χ1v) is 14.5. The lowest BCUT2D eigenvalue weighted by Crippen LogP contribution is -2.64. The summed E-state index contributed by atoms with van der Waals surface area (Å²) >= 11 is 6.35. The smallest absolute Gasteiger partial charge is 0.178 e. The Balaban J connectivity index is 1.87. The SMILES string of the molecule is CCC1C(N)C(Cc2cccc(Cl)c2)C(C)C(c2ccc3c(c2)CCCO3)C1(C)C(OC(C)(C)C)C(O)O. The van der Waals surface area contributed by atoms with Gasteiger partial charge in [0, 0.05) is 16.5 Å². The third kappa shape index (κ3) is 5.78. The second-order valence-corrected chi connectivity index (χ2v) is 13.1. The van der Waals surface area contributed by atoms with Gasteiger partial charge in [0.25, 0.3) is 0 Å². The largest absolute Gasteiger partial charge is 0.493 e. The van der Waals surface area contributed by atoms with Gasteiger partial charge in [-0.1, -0.05) is 63.1 Å². The first kappa shape index (κ1) is 29.4. The second kappa shape index (κ2) is 11.5. The van der Waals surface area contributed by atoms with Gasteiger partial charge in [-0.15, -0.1) is 0 Å². The number of ether oxygens (including phenoxy) is 2. The molecular weight excluding hydrogens is 498 g/mol. The van der Waals surface area contributed by atoms with Crippen LogP contribution in [-0.2, 0) is 17.6 Å². The lowest BCUT2D eigenvalue weighted by atomic mass is 9.48. The second-order valence-electron chi connectivity index (χ2n) is 12.7. The number of benzene rings is 2. The molecule has 0 saturated heterocycles. The summed E-state index contributed by atoms with van der Waals surface area (Å²) in [6.07, 6.45) is 1.14. The van der Waals surface area contributed by atoms with Crippen molar-refractivity contribution in [2.24, 2.45) is 28.9 Å². The maximum atomic E-state index is 10.8. The van der Waals surface area contributed by atoms with Crippen LogP contribution in [0.3, 0.4) is 0 Å². The third-order valence-corrected chi connectivity index (χ3v) is 9.32. The van der Waals surface area contributed by atoms with Gasteiger partial charge >= 0.3 is 0 Å². The Morgan fingerprint density at radius 2 is 1.92 bits per heavy atom. The van der Waals surface area contributed by atoms with Crippen LogP contribution in [0, 0.1) is 23.2 Å². The van der Waals surface area contributed by atoms with Crippen LogP contribution in [-0.4, -0.2) is 40.9 Å². The van der Waals surface area contributed by atoms with Crippen LogP contribution in [0.1, 0.15) is 77.0 Å². The summed E-state index contributed by atoms with van der Waals surface area (Å²) in [4.78, 5) is 0. The van der Waals surface area contributed by atoms with Crippen molar-refractivity contribution in [2.45, 2.75) is 97.2 Å². The van der Waals surface area contributed by atoms with E-state index < -0.39 is 23.4 Å². The van der Waals surface area contributed by atoms with Crippen molar-refractivity contribution < 1.29 is 19.7 Å². The zero-order valence-electron chi connectivity index (χ0n) is 23.8. The average Bonchev–Trinajstić information content (AvgIpc) is 2.85. The Morgan fingerprint density at radius 1 is 1.18 bits per heavy atom. The predicted octanol–water partition coefficient (Wildman–Crippen LogP) is 6.11. The topological polar surface area (TPSA) is 84.9 Å². The highest BCUT2D eigenvalue weighted by Gasteiger charge is 2.59. The van der Waals surface area contributed by atoms with E-state index in [-0.39, 0.29) is 29.7 Å². The molecule has 7 atom stereocenters. The predicted molar refractivity (Wildman–Crippen MR) is 154 cm³/mol. The maximum absolute atomic E-state index is 10.8. The van der Waals surface area contributed by atoms with E-state index in [1.807, 2.05) is 39.0 Å². The molecule has 6 heteroatoms. The summed E-state index contributed by atoms with van der Waals surface area (Å²) < 4.78 is 12.4. The number of fused-ring (bicyclic) bond motifs is 1. The van der Waals surface area contributed by atoms with Crippen LogP contribution >= 0.6 is 11.6 Å². The van der Waals surface area contributed by atoms with Crippen molar-refractivity contribution >= 4 is 11.6 Å². The molecule has 0 aromatic heterocycles. The molecule has 5 nitrogen and oxygen atoms in total. The third-order valence-electron chi connectivity index (χ3n) is 9.09. The number of aliphatic hydroxyl groups is 2. The number of hydrogen-bond acceptors (Lipinski definition) is 5. The lowest BCUT2D eigenvalue weighted by molar-refractivity contribution is -0.249. The van der Waals surface area contributed by atoms with Crippen molar-refractivity contribution in [1.29, 1.82) is 0 Å². The molecule has 1 aliphatic carbocycles. The Bertz CT molecular complexity index is 1100. The molecule has 1 saturated carbocycles. The minimum absolute atomic E-state index is 0.00526. The van der Waals surface area contributed by atoms with E-state index in [0.717, 1.165) is 43.1 Å². The molecule has 4 N–H and O–H groups in total. The summed E-state index contributed by atoms with van der Waals surface area (Å²) in [5.41, 5.74) is 9.55. The minimum atomic E-state index is -1.64. The highest BCUT2D eigenvalue weighted by atomic mass is 35.5. The molecule has 1 fully saturated rings. The summed E-state index contributed by atoms with van der Waals surface area (Å²) in [5, 5.41) is 22.4. The van der Waals surface area contributed by atoms with E-state index >= 15 is 0 Å². The molecule has 0 spiro atoms. The average molecular weight is 544 g/mol. The normalized spacial score (nSPS) is 30.6. The molecule has 7 unspecified atom stereocenters. The van der Waals surface area contributed by atoms with Gasteiger partial charge in [0.05, 0.1) is 12.2 Å². The quantitative estimate of drug-likeness (QED) is 0.367. The van der Waals surface area contributed by atoms with Crippen LogP contribution < -0.4 is 10.5 Å². The number of hydrogen-bond donors (Lipinski definition) is 3. The number of aryl methyl sites for hydroxylation is 1. The molecule has 2 aromatic carbocycles. The van der Waals surface area contributed by atoms with Crippen molar-refractivity contribution in [3.05, 3.63) is 64.2 Å². The molecule has 1 aliphatic heterocycles. The molecule has 0 bridgehead atoms. The summed E-state index contributed by atoms with van der Waals surface area (Å²) in [6, 6.07) is 14.4. The maximum Gasteiger partial charge on any atom is 0.178 e. The van der Waals surface area contributed by atoms with Crippen molar-refractivity contribution in [2.75, 3.05) is 6.61 Å². The van der Waals surface area contributed by atoms with Gasteiger partial charge in [0.15, 0.2) is 6.29 Å². The fourth-order valence-electron chi connectivity index (χ4n) is 7.59. The number of rotatable bonds is 7. The highest BCUT2D eigenvalue weighted by Crippen LogP contribution is 2.59. The van der Waals surface area contributed by atoms with Crippen molar-refractivity contribution in [3.8, 4) is 5.75 Å². The van der Waals surface area contributed by atoms with Crippen LogP contribution in [0.25, 0.3) is 0 Å². The molecule has 2 aromatic rings. The van der Waals surface area contributed by atoms with E-state index in [1.54, 1.807) is 0 Å². The molecule has 4 rings (SSSR count). The number of aliphatic hydroxyl groups excluding tert-OH is 1. The Hall–Kier alpha value is -1.63. The first-order valence-electron chi connectivity index (χ1n) is 14.2. The lowest BCUT2D eigenvalue weighted by Gasteiger charge is -2.60. The van der Waals surface area contributed by atoms with E-state index in [1.165, 1.54) is 16.7 Å². The molecule has 38 heavy (non-hydrogen) atoms. The Labute approximate surface area is 233 Å². The van der Waals surface area contributed by atoms with Gasteiger partial charge in [0.1, 0.15) is 11.9 Å². The van der Waals surface area contributed by atoms with E-state index in [9.17, 15) is 10.2 Å². The Morgan fingerprint density at radius 3 is 2.55 bits per heavy atom. The van der Waals surface area contributed by atoms with Gasteiger partial charge in [-0.25, -0.2) is 0 Å². The Kier molecular flexibility index (Phi) is 8.86. The highest BCUT2D eigenvalue weighted by molar-refractivity contribution is 6.30. The van der Waals surface area contributed by atoms with Gasteiger partial charge in [-0.2, -0.15) is 0 Å². The number of halogens is 1. The molecule has 2 aliphatic rings. The van der Waals surface area contributed by atoms with Gasteiger partial charge < -0.3 is 25.4 Å². The van der Waals surface area contributed by atoms with E-state index in [0.29, 0.717) is 0 Å². The van der Waals surface area contributed by atoms with Crippen molar-refractivity contribution in [3.63, 3.8) is 0 Å². The first-order chi connectivity index (χ1) is 17.9. The molecule has 1 heterocycles. The van der Waals surface area contributed by atoms with Crippen molar-refractivity contribution in [1.82, 2.24) is 0 Å². The number of nitrogens with two attached hydrogens (primary N) is 1. The van der Waals surface area contributed by atoms with E-state index in [4.69, 9.17) is 26.8 Å². The van der Waals surface area contributed by atoms with Crippen LogP contribution in [0.5, 0.6) is 5.75 Å². The summed E-state index contributed by atoms with van der Waals surface area (Å²) in [6.45, 7) is 13.2. The fourth-order valence-corrected chi connectivity index (χ4v) is 7.81. The molecule has 0 radical (unpaired) electrons. The zero-order valence-corrected chi connectivity index (χ0v) is 24.5. The van der Waals surface area contributed by atoms with Crippen LogP contribution in [0.15, 0.2) is 42.5 Å². The van der Waals surface area contributed by atoms with Gasteiger partial charge in [-0.05, 0) is 98.6 Å². The molecular formula is C32H46ClNO4. The van der Waals surface area contributed by atoms with Gasteiger partial charge in [0.2, 0.25) is 0 Å².